The van der Waals surface area contributed by atoms with E-state index in [1.807, 2.05) is 18.3 Å². The van der Waals surface area contributed by atoms with Crippen LogP contribution in [0.2, 0.25) is 0 Å². The molecule has 0 aliphatic rings. The van der Waals surface area contributed by atoms with Gasteiger partial charge in [0.2, 0.25) is 0 Å². The van der Waals surface area contributed by atoms with E-state index in [1.165, 1.54) is 0 Å². The Morgan fingerprint density at radius 3 is 2.40 bits per heavy atom. The van der Waals surface area contributed by atoms with Gasteiger partial charge in [-0.3, -0.25) is 0 Å². The molecule has 0 unspecified atom stereocenters. The summed E-state index contributed by atoms with van der Waals surface area (Å²) < 4.78 is 0.980. The van der Waals surface area contributed by atoms with Crippen molar-refractivity contribution >= 4 is 27.6 Å². The molecule has 2 aromatic rings. The van der Waals surface area contributed by atoms with E-state index in [-0.39, 0.29) is 0 Å². The molecule has 0 radical (unpaired) electrons. The number of nitrogens with one attached hydrogen (secondary N) is 1. The zero-order chi connectivity index (χ0) is 14.4. The monoisotopic (exact) mass is 334 g/mol. The minimum atomic E-state index is 0.722. The zero-order valence-electron chi connectivity index (χ0n) is 11.8. The number of halogens is 1. The average molecular weight is 335 g/mol. The topological polar surface area (TPSA) is 41.0 Å². The van der Waals surface area contributed by atoms with Gasteiger partial charge in [-0.2, -0.15) is 0 Å². The van der Waals surface area contributed by atoms with E-state index < -0.39 is 0 Å². The molecule has 106 valence electrons. The van der Waals surface area contributed by atoms with Crippen molar-refractivity contribution in [1.29, 1.82) is 0 Å². The molecule has 2 heterocycles. The van der Waals surface area contributed by atoms with Crippen molar-refractivity contribution in [3.05, 3.63) is 46.7 Å². The first kappa shape index (κ1) is 14.8. The summed E-state index contributed by atoms with van der Waals surface area (Å²) in [4.78, 5) is 11.0. The Balaban J connectivity index is 1.95. The smallest absolute Gasteiger partial charge is 0.128 e. The summed E-state index contributed by atoms with van der Waals surface area (Å²) in [6.07, 6.45) is 3.70. The first-order valence-corrected chi connectivity index (χ1v) is 7.57. The van der Waals surface area contributed by atoms with Crippen LogP contribution >= 0.6 is 15.9 Å². The molecule has 4 nitrogen and oxygen atoms in total. The van der Waals surface area contributed by atoms with Crippen LogP contribution in [-0.2, 0) is 6.54 Å². The van der Waals surface area contributed by atoms with Crippen LogP contribution in [0.3, 0.4) is 0 Å². The van der Waals surface area contributed by atoms with E-state index in [0.29, 0.717) is 0 Å². The Kier molecular flexibility index (Phi) is 5.35. The second-order valence-electron chi connectivity index (χ2n) is 4.41. The molecule has 5 heteroatoms. The Hall–Kier alpha value is -1.62. The molecule has 0 fully saturated rings. The molecule has 0 saturated heterocycles. The van der Waals surface area contributed by atoms with Gasteiger partial charge in [-0.05, 0) is 53.5 Å². The molecular formula is C15H19BrN4. The number of anilines is 2. The van der Waals surface area contributed by atoms with Gasteiger partial charge in [0.15, 0.2) is 0 Å². The third-order valence-corrected chi connectivity index (χ3v) is 3.57. The maximum absolute atomic E-state index is 4.51. The first-order valence-electron chi connectivity index (χ1n) is 6.78. The summed E-state index contributed by atoms with van der Waals surface area (Å²) in [5, 5.41) is 3.28. The van der Waals surface area contributed by atoms with Gasteiger partial charge >= 0.3 is 0 Å². The highest BCUT2D eigenvalue weighted by molar-refractivity contribution is 9.10. The summed E-state index contributed by atoms with van der Waals surface area (Å²) in [5.41, 5.74) is 1.14. The normalized spacial score (nSPS) is 10.3. The predicted molar refractivity (Wildman–Crippen MR) is 87.1 cm³/mol. The van der Waals surface area contributed by atoms with E-state index in [1.54, 1.807) is 6.20 Å². The van der Waals surface area contributed by atoms with Gasteiger partial charge in [0.25, 0.3) is 0 Å². The average Bonchev–Trinajstić information content (AvgIpc) is 2.49. The first-order chi connectivity index (χ1) is 9.72. The Bertz CT molecular complexity index is 521. The number of hydrogen-bond acceptors (Lipinski definition) is 4. The highest BCUT2D eigenvalue weighted by Crippen LogP contribution is 2.13. The van der Waals surface area contributed by atoms with Crippen molar-refractivity contribution in [1.82, 2.24) is 9.97 Å². The van der Waals surface area contributed by atoms with E-state index in [9.17, 15) is 0 Å². The van der Waals surface area contributed by atoms with Crippen molar-refractivity contribution in [2.45, 2.75) is 20.4 Å². The number of pyridine rings is 2. The lowest BCUT2D eigenvalue weighted by atomic mass is 10.2. The third kappa shape index (κ3) is 3.93. The second kappa shape index (κ2) is 7.24. The van der Waals surface area contributed by atoms with Gasteiger partial charge in [-0.15, -0.1) is 0 Å². The minimum absolute atomic E-state index is 0.722. The molecule has 2 aromatic heterocycles. The van der Waals surface area contributed by atoms with Crippen LogP contribution in [0.4, 0.5) is 11.6 Å². The van der Waals surface area contributed by atoms with Crippen LogP contribution < -0.4 is 10.2 Å². The molecule has 0 spiro atoms. The summed E-state index contributed by atoms with van der Waals surface area (Å²) >= 11 is 3.37. The summed E-state index contributed by atoms with van der Waals surface area (Å²) in [5.74, 6) is 1.89. The molecule has 0 aromatic carbocycles. The molecule has 0 aliphatic carbocycles. The van der Waals surface area contributed by atoms with Crippen molar-refractivity contribution in [3.63, 3.8) is 0 Å². The third-order valence-electron chi connectivity index (χ3n) is 3.10. The van der Waals surface area contributed by atoms with Gasteiger partial charge in [-0.25, -0.2) is 9.97 Å². The van der Waals surface area contributed by atoms with Crippen LogP contribution in [0.5, 0.6) is 0 Å². The van der Waals surface area contributed by atoms with Crippen molar-refractivity contribution in [2.24, 2.45) is 0 Å². The molecule has 0 atom stereocenters. The lowest BCUT2D eigenvalue weighted by Gasteiger charge is -2.19. The van der Waals surface area contributed by atoms with Gasteiger partial charge < -0.3 is 10.2 Å². The Labute approximate surface area is 128 Å². The van der Waals surface area contributed by atoms with Gasteiger partial charge in [0.05, 0.1) is 0 Å². The highest BCUT2D eigenvalue weighted by Gasteiger charge is 2.03. The molecule has 20 heavy (non-hydrogen) atoms. The number of nitrogens with zero attached hydrogens (tertiary/aromatic N) is 3. The van der Waals surface area contributed by atoms with Crippen molar-refractivity contribution in [3.8, 4) is 0 Å². The van der Waals surface area contributed by atoms with E-state index in [2.05, 4.69) is 62.1 Å². The summed E-state index contributed by atoms with van der Waals surface area (Å²) in [6, 6.07) is 8.09. The molecular weight excluding hydrogens is 316 g/mol. The fourth-order valence-electron chi connectivity index (χ4n) is 1.93. The zero-order valence-corrected chi connectivity index (χ0v) is 13.4. The number of aromatic nitrogens is 2. The highest BCUT2D eigenvalue weighted by atomic mass is 79.9. The minimum Gasteiger partial charge on any atom is -0.366 e. The molecule has 2 rings (SSSR count). The molecule has 0 aliphatic heterocycles. The van der Waals surface area contributed by atoms with E-state index in [0.717, 1.165) is 41.3 Å². The maximum Gasteiger partial charge on any atom is 0.128 e. The second-order valence-corrected chi connectivity index (χ2v) is 5.33. The van der Waals surface area contributed by atoms with Crippen LogP contribution in [0.15, 0.2) is 41.1 Å². The molecule has 0 amide bonds. The Morgan fingerprint density at radius 2 is 1.85 bits per heavy atom. The lowest BCUT2D eigenvalue weighted by Crippen LogP contribution is -2.22. The quantitative estimate of drug-likeness (QED) is 0.874. The lowest BCUT2D eigenvalue weighted by molar-refractivity contribution is 0.844. The van der Waals surface area contributed by atoms with Crippen LogP contribution in [0.1, 0.15) is 19.4 Å². The standard InChI is InChI=1S/C15H19BrN4/c1-3-20(4-2)15-8-5-12(10-19-15)9-17-14-7-6-13(16)11-18-14/h5-8,10-11H,3-4,9H2,1-2H3,(H,17,18). The van der Waals surface area contributed by atoms with Gasteiger partial charge in [0.1, 0.15) is 11.6 Å². The fourth-order valence-corrected chi connectivity index (χ4v) is 2.16. The van der Waals surface area contributed by atoms with Crippen molar-refractivity contribution < 1.29 is 0 Å². The van der Waals surface area contributed by atoms with Crippen molar-refractivity contribution in [2.75, 3.05) is 23.3 Å². The number of rotatable bonds is 6. The largest absolute Gasteiger partial charge is 0.366 e. The van der Waals surface area contributed by atoms with Gasteiger partial charge in [0, 0.05) is 36.5 Å². The van der Waals surface area contributed by atoms with Crippen LogP contribution in [0, 0.1) is 0 Å². The molecule has 0 saturated carbocycles. The number of hydrogen-bond donors (Lipinski definition) is 1. The fraction of sp³-hybridized carbons (Fsp3) is 0.333. The van der Waals surface area contributed by atoms with Crippen LogP contribution in [-0.4, -0.2) is 23.1 Å². The summed E-state index contributed by atoms with van der Waals surface area (Å²) in [7, 11) is 0. The predicted octanol–water partition coefficient (Wildman–Crippen LogP) is 3.70. The van der Waals surface area contributed by atoms with Crippen LogP contribution in [0.25, 0.3) is 0 Å². The SMILES string of the molecule is CCN(CC)c1ccc(CNc2ccc(Br)cn2)cn1. The molecule has 1 N–H and O–H groups in total. The Morgan fingerprint density at radius 1 is 1.05 bits per heavy atom. The maximum atomic E-state index is 4.51. The van der Waals surface area contributed by atoms with E-state index >= 15 is 0 Å². The van der Waals surface area contributed by atoms with Gasteiger partial charge in [-0.1, -0.05) is 6.07 Å². The molecule has 0 bridgehead atoms. The summed E-state index contributed by atoms with van der Waals surface area (Å²) in [6.45, 7) is 6.95. The van der Waals surface area contributed by atoms with E-state index in [4.69, 9.17) is 0 Å².